The first-order chi connectivity index (χ1) is 9.02. The van der Waals surface area contributed by atoms with Gasteiger partial charge in [-0.15, -0.1) is 0 Å². The molecule has 0 fully saturated rings. The third-order valence-corrected chi connectivity index (χ3v) is 3.63. The number of hydrogen-bond acceptors (Lipinski definition) is 5. The van der Waals surface area contributed by atoms with Gasteiger partial charge in [0, 0.05) is 37.0 Å². The van der Waals surface area contributed by atoms with Gasteiger partial charge in [-0.3, -0.25) is 14.9 Å². The number of carbonyl (C=O) groups excluding carboxylic acids is 1. The summed E-state index contributed by atoms with van der Waals surface area (Å²) in [5.41, 5.74) is 0.874. The molecule has 1 unspecified atom stereocenters. The van der Waals surface area contributed by atoms with Gasteiger partial charge in [0.2, 0.25) is 5.91 Å². The molecule has 0 spiro atoms. The van der Waals surface area contributed by atoms with Crippen molar-refractivity contribution in [3.05, 3.63) is 27.1 Å². The predicted octanol–water partition coefficient (Wildman–Crippen LogP) is 2.05. The molecule has 0 saturated carbocycles. The first kappa shape index (κ1) is 15.6. The van der Waals surface area contributed by atoms with Crippen LogP contribution in [0.1, 0.15) is 32.3 Å². The number of rotatable bonds is 8. The summed E-state index contributed by atoms with van der Waals surface area (Å²) in [6.45, 7) is 5.09. The molecular formula is C12H19N3O3S. The maximum atomic E-state index is 11.5. The van der Waals surface area contributed by atoms with Crippen LogP contribution in [0.4, 0.5) is 5.00 Å². The molecule has 0 aromatic carbocycles. The summed E-state index contributed by atoms with van der Waals surface area (Å²) in [5, 5.41) is 18.4. The van der Waals surface area contributed by atoms with E-state index >= 15 is 0 Å². The van der Waals surface area contributed by atoms with E-state index in [1.165, 1.54) is 0 Å². The van der Waals surface area contributed by atoms with Crippen LogP contribution in [-0.4, -0.2) is 23.4 Å². The zero-order valence-corrected chi connectivity index (χ0v) is 12.0. The van der Waals surface area contributed by atoms with Gasteiger partial charge in [0.25, 0.3) is 0 Å². The first-order valence-electron chi connectivity index (χ1n) is 6.24. The maximum absolute atomic E-state index is 11.5. The largest absolute Gasteiger partial charge is 0.354 e. The molecule has 0 bridgehead atoms. The Morgan fingerprint density at radius 2 is 2.32 bits per heavy atom. The third-order valence-electron chi connectivity index (χ3n) is 2.70. The highest BCUT2D eigenvalue weighted by molar-refractivity contribution is 7.13. The maximum Gasteiger partial charge on any atom is 0.324 e. The predicted molar refractivity (Wildman–Crippen MR) is 75.2 cm³/mol. The lowest BCUT2D eigenvalue weighted by atomic mass is 10.2. The second-order valence-electron chi connectivity index (χ2n) is 4.35. The fraction of sp³-hybridized carbons (Fsp3) is 0.583. The number of hydrogen-bond donors (Lipinski definition) is 2. The highest BCUT2D eigenvalue weighted by atomic mass is 32.1. The van der Waals surface area contributed by atoms with Crippen LogP contribution in [0, 0.1) is 10.1 Å². The molecule has 19 heavy (non-hydrogen) atoms. The average Bonchev–Trinajstić information content (AvgIpc) is 2.83. The van der Waals surface area contributed by atoms with Crippen LogP contribution in [0.15, 0.2) is 11.4 Å². The quantitative estimate of drug-likeness (QED) is 0.435. The van der Waals surface area contributed by atoms with E-state index in [9.17, 15) is 14.9 Å². The number of amides is 1. The first-order valence-corrected chi connectivity index (χ1v) is 7.12. The fourth-order valence-corrected chi connectivity index (χ4v) is 2.16. The van der Waals surface area contributed by atoms with Crippen LogP contribution in [0.25, 0.3) is 0 Å². The number of nitro groups is 1. The van der Waals surface area contributed by atoms with Crippen molar-refractivity contribution in [2.24, 2.45) is 0 Å². The number of nitrogens with zero attached hydrogens (tertiary/aromatic N) is 1. The van der Waals surface area contributed by atoms with Crippen molar-refractivity contribution in [3.63, 3.8) is 0 Å². The Balaban J connectivity index is 2.19. The molecule has 0 saturated heterocycles. The topological polar surface area (TPSA) is 84.3 Å². The molecule has 1 atom stereocenters. The van der Waals surface area contributed by atoms with E-state index in [0.29, 0.717) is 19.5 Å². The van der Waals surface area contributed by atoms with Crippen LogP contribution in [0.2, 0.25) is 0 Å². The SMILES string of the molecule is CCC(C)NC(=O)CCNCc1csc([N+](=O)[O-])c1. The van der Waals surface area contributed by atoms with Crippen molar-refractivity contribution in [1.29, 1.82) is 0 Å². The highest BCUT2D eigenvalue weighted by Crippen LogP contribution is 2.22. The molecule has 1 aromatic heterocycles. The van der Waals surface area contributed by atoms with E-state index in [-0.39, 0.29) is 17.0 Å². The van der Waals surface area contributed by atoms with Gasteiger partial charge in [0.15, 0.2) is 0 Å². The van der Waals surface area contributed by atoms with Gasteiger partial charge in [-0.25, -0.2) is 0 Å². The van der Waals surface area contributed by atoms with Gasteiger partial charge >= 0.3 is 5.00 Å². The van der Waals surface area contributed by atoms with Crippen molar-refractivity contribution >= 4 is 22.2 Å². The Bertz CT molecular complexity index is 434. The highest BCUT2D eigenvalue weighted by Gasteiger charge is 2.09. The van der Waals surface area contributed by atoms with E-state index < -0.39 is 4.92 Å². The Morgan fingerprint density at radius 1 is 1.58 bits per heavy atom. The monoisotopic (exact) mass is 285 g/mol. The Hall–Kier alpha value is -1.47. The van der Waals surface area contributed by atoms with Crippen molar-refractivity contribution in [3.8, 4) is 0 Å². The minimum absolute atomic E-state index is 0.0261. The van der Waals surface area contributed by atoms with Gasteiger partial charge in [0.05, 0.1) is 4.92 Å². The molecule has 0 aliphatic carbocycles. The van der Waals surface area contributed by atoms with Gasteiger partial charge in [-0.1, -0.05) is 18.3 Å². The molecule has 2 N–H and O–H groups in total. The van der Waals surface area contributed by atoms with Crippen molar-refractivity contribution in [2.45, 2.75) is 39.3 Å². The molecule has 1 aromatic rings. The van der Waals surface area contributed by atoms with E-state index in [1.807, 2.05) is 13.8 Å². The zero-order chi connectivity index (χ0) is 14.3. The van der Waals surface area contributed by atoms with Gasteiger partial charge < -0.3 is 10.6 Å². The Morgan fingerprint density at radius 3 is 2.89 bits per heavy atom. The average molecular weight is 285 g/mol. The van der Waals surface area contributed by atoms with Crippen LogP contribution < -0.4 is 10.6 Å². The molecule has 1 heterocycles. The second-order valence-corrected chi connectivity index (χ2v) is 5.24. The second kappa shape index (κ2) is 7.85. The van der Waals surface area contributed by atoms with Crippen LogP contribution in [0.3, 0.4) is 0 Å². The third kappa shape index (κ3) is 5.80. The lowest BCUT2D eigenvalue weighted by molar-refractivity contribution is -0.380. The van der Waals surface area contributed by atoms with Crippen molar-refractivity contribution in [2.75, 3.05) is 6.54 Å². The summed E-state index contributed by atoms with van der Waals surface area (Å²) in [4.78, 5) is 21.6. The van der Waals surface area contributed by atoms with Crippen LogP contribution in [-0.2, 0) is 11.3 Å². The van der Waals surface area contributed by atoms with Crippen molar-refractivity contribution in [1.82, 2.24) is 10.6 Å². The lowest BCUT2D eigenvalue weighted by Crippen LogP contribution is -2.33. The summed E-state index contributed by atoms with van der Waals surface area (Å²) in [6.07, 6.45) is 1.33. The van der Waals surface area contributed by atoms with Crippen LogP contribution >= 0.6 is 11.3 Å². The minimum atomic E-state index is -0.395. The summed E-state index contributed by atoms with van der Waals surface area (Å²) < 4.78 is 0. The molecular weight excluding hydrogens is 266 g/mol. The van der Waals surface area contributed by atoms with Gasteiger partial charge in [-0.2, -0.15) is 0 Å². The normalized spacial score (nSPS) is 12.1. The lowest BCUT2D eigenvalue weighted by Gasteiger charge is -2.11. The molecule has 7 heteroatoms. The minimum Gasteiger partial charge on any atom is -0.354 e. The number of nitrogens with one attached hydrogen (secondary N) is 2. The van der Waals surface area contributed by atoms with E-state index in [4.69, 9.17) is 0 Å². The molecule has 0 aliphatic heterocycles. The summed E-state index contributed by atoms with van der Waals surface area (Å²) in [5.74, 6) is 0.0261. The van der Waals surface area contributed by atoms with Crippen molar-refractivity contribution < 1.29 is 9.72 Å². The Kier molecular flexibility index (Phi) is 6.44. The summed E-state index contributed by atoms with van der Waals surface area (Å²) in [7, 11) is 0. The fourth-order valence-electron chi connectivity index (χ4n) is 1.43. The van der Waals surface area contributed by atoms with E-state index in [1.54, 1.807) is 11.4 Å². The molecule has 0 aliphatic rings. The standard InChI is InChI=1S/C12H19N3O3S/c1-3-9(2)14-11(16)4-5-13-7-10-6-12(15(17)18)19-8-10/h6,8-9,13H,3-5,7H2,1-2H3,(H,14,16). The van der Waals surface area contributed by atoms with E-state index in [2.05, 4.69) is 10.6 Å². The number of thiophene rings is 1. The zero-order valence-electron chi connectivity index (χ0n) is 11.1. The molecule has 1 amide bonds. The molecule has 1 rings (SSSR count). The molecule has 6 nitrogen and oxygen atoms in total. The molecule has 106 valence electrons. The van der Waals surface area contributed by atoms with Gasteiger partial charge in [-0.05, 0) is 18.9 Å². The summed E-state index contributed by atoms with van der Waals surface area (Å²) >= 11 is 1.12. The van der Waals surface area contributed by atoms with Crippen LogP contribution in [0.5, 0.6) is 0 Å². The smallest absolute Gasteiger partial charge is 0.324 e. The van der Waals surface area contributed by atoms with E-state index in [0.717, 1.165) is 23.3 Å². The number of carbonyl (C=O) groups is 1. The molecule has 0 radical (unpaired) electrons. The Labute approximate surface area is 116 Å². The van der Waals surface area contributed by atoms with Gasteiger partial charge in [0.1, 0.15) is 0 Å². The summed E-state index contributed by atoms with van der Waals surface area (Å²) in [6, 6.07) is 1.75.